The predicted molar refractivity (Wildman–Crippen MR) is 81.6 cm³/mol. The van der Waals surface area contributed by atoms with Gasteiger partial charge >= 0.3 is 0 Å². The second kappa shape index (κ2) is 6.00. The van der Waals surface area contributed by atoms with Gasteiger partial charge in [0.2, 0.25) is 15.9 Å². The minimum Gasteiger partial charge on any atom is -0.396 e. The molecule has 0 radical (unpaired) electrons. The van der Waals surface area contributed by atoms with Crippen molar-refractivity contribution >= 4 is 44.8 Å². The molecule has 1 saturated heterocycles. The lowest BCUT2D eigenvalue weighted by atomic mass is 10.0. The Bertz CT molecular complexity index is 655. The van der Waals surface area contributed by atoms with Crippen molar-refractivity contribution in [2.45, 2.75) is 30.2 Å². The highest BCUT2D eigenvalue weighted by Crippen LogP contribution is 2.33. The summed E-state index contributed by atoms with van der Waals surface area (Å²) in [6.45, 7) is 0.232. The number of nitrogens with two attached hydrogens (primary N) is 2. The normalized spacial score (nSPS) is 20.4. The topological polar surface area (TPSA) is 106 Å². The number of carbonyl (C=O) groups excluding carboxylic acids is 1. The molecule has 0 aromatic heterocycles. The molecule has 0 saturated carbocycles. The van der Waals surface area contributed by atoms with Gasteiger partial charge in [-0.05, 0) is 25.0 Å². The first kappa shape index (κ1) is 16.4. The van der Waals surface area contributed by atoms with Gasteiger partial charge in [0, 0.05) is 6.54 Å². The van der Waals surface area contributed by atoms with Gasteiger partial charge in [-0.1, -0.05) is 29.6 Å². The molecule has 1 aliphatic rings. The number of hydrogen-bond donors (Lipinski definition) is 2. The molecule has 1 fully saturated rings. The maximum Gasteiger partial charge on any atom is 0.243 e. The smallest absolute Gasteiger partial charge is 0.243 e. The second-order valence-electron chi connectivity index (χ2n) is 4.83. The molecule has 0 aliphatic carbocycles. The Morgan fingerprint density at radius 3 is 2.33 bits per heavy atom. The molecular formula is C12H15Cl2N3O3S. The average Bonchev–Trinajstić information content (AvgIpc) is 2.44. The van der Waals surface area contributed by atoms with E-state index >= 15 is 0 Å². The zero-order valence-corrected chi connectivity index (χ0v) is 13.4. The molecule has 1 heterocycles. The number of sulfonamides is 1. The summed E-state index contributed by atoms with van der Waals surface area (Å²) in [6, 6.07) is 1.61. The maximum absolute atomic E-state index is 12.7. The van der Waals surface area contributed by atoms with E-state index in [4.69, 9.17) is 34.7 Å². The minimum atomic E-state index is -3.91. The van der Waals surface area contributed by atoms with Crippen molar-refractivity contribution in [2.75, 3.05) is 12.3 Å². The maximum atomic E-state index is 12.7. The molecule has 0 bridgehead atoms. The number of benzene rings is 1. The van der Waals surface area contributed by atoms with Crippen LogP contribution in [-0.4, -0.2) is 31.2 Å². The van der Waals surface area contributed by atoms with E-state index in [0.717, 1.165) is 10.7 Å². The van der Waals surface area contributed by atoms with Gasteiger partial charge in [0.25, 0.3) is 0 Å². The standard InChI is InChI=1S/C12H15Cl2N3O3S/c13-8-5-7(6-9(14)11(8)15)21(19,20)17-4-2-1-3-10(17)12(16)18/h5-6,10H,1-4,15H2,(H2,16,18)/t10-/m0/s1. The molecular weight excluding hydrogens is 337 g/mol. The van der Waals surface area contributed by atoms with Crippen LogP contribution >= 0.6 is 23.2 Å². The highest BCUT2D eigenvalue weighted by Gasteiger charge is 2.37. The van der Waals surface area contributed by atoms with Crippen molar-refractivity contribution in [3.63, 3.8) is 0 Å². The third-order valence-electron chi connectivity index (χ3n) is 3.44. The lowest BCUT2D eigenvalue weighted by Gasteiger charge is -2.32. The van der Waals surface area contributed by atoms with E-state index in [2.05, 4.69) is 0 Å². The molecule has 2 rings (SSSR count). The van der Waals surface area contributed by atoms with Crippen LogP contribution in [0.25, 0.3) is 0 Å². The van der Waals surface area contributed by atoms with Gasteiger partial charge in [-0.2, -0.15) is 4.31 Å². The van der Waals surface area contributed by atoms with Crippen molar-refractivity contribution in [3.8, 4) is 0 Å². The Balaban J connectivity index is 2.48. The summed E-state index contributed by atoms with van der Waals surface area (Å²) in [5.41, 5.74) is 11.0. The van der Waals surface area contributed by atoms with E-state index in [-0.39, 0.29) is 27.2 Å². The number of hydrogen-bond acceptors (Lipinski definition) is 4. The lowest BCUT2D eigenvalue weighted by Crippen LogP contribution is -2.50. The van der Waals surface area contributed by atoms with Crippen molar-refractivity contribution in [2.24, 2.45) is 5.73 Å². The molecule has 1 aliphatic heterocycles. The Kier molecular flexibility index (Phi) is 4.67. The van der Waals surface area contributed by atoms with Crippen LogP contribution in [0.2, 0.25) is 10.0 Å². The highest BCUT2D eigenvalue weighted by molar-refractivity contribution is 7.89. The summed E-state index contributed by atoms with van der Waals surface area (Å²) < 4.78 is 26.5. The Hall–Kier alpha value is -1.02. The van der Waals surface area contributed by atoms with Gasteiger partial charge in [0.1, 0.15) is 6.04 Å². The first-order chi connectivity index (χ1) is 9.75. The van der Waals surface area contributed by atoms with Crippen molar-refractivity contribution in [3.05, 3.63) is 22.2 Å². The minimum absolute atomic E-state index is 0.0497. The van der Waals surface area contributed by atoms with Gasteiger partial charge in [-0.15, -0.1) is 0 Å². The van der Waals surface area contributed by atoms with Crippen LogP contribution in [0.15, 0.2) is 17.0 Å². The second-order valence-corrected chi connectivity index (χ2v) is 7.54. The van der Waals surface area contributed by atoms with E-state index in [9.17, 15) is 13.2 Å². The van der Waals surface area contributed by atoms with Crippen LogP contribution in [0.4, 0.5) is 5.69 Å². The summed E-state index contributed by atoms with van der Waals surface area (Å²) in [4.78, 5) is 11.4. The van der Waals surface area contributed by atoms with Crippen LogP contribution in [0.3, 0.4) is 0 Å². The fourth-order valence-electron chi connectivity index (χ4n) is 2.32. The summed E-state index contributed by atoms with van der Waals surface area (Å²) in [5, 5.41) is 0.0995. The fraction of sp³-hybridized carbons (Fsp3) is 0.417. The van der Waals surface area contributed by atoms with Gasteiger partial charge < -0.3 is 11.5 Å². The van der Waals surface area contributed by atoms with Crippen molar-refractivity contribution in [1.29, 1.82) is 0 Å². The third kappa shape index (κ3) is 3.11. The number of piperidine rings is 1. The number of primary amides is 1. The van der Waals surface area contributed by atoms with Crippen molar-refractivity contribution < 1.29 is 13.2 Å². The van der Waals surface area contributed by atoms with Crippen molar-refractivity contribution in [1.82, 2.24) is 4.31 Å². The molecule has 6 nitrogen and oxygen atoms in total. The summed E-state index contributed by atoms with van der Waals surface area (Å²) >= 11 is 11.8. The number of amides is 1. The monoisotopic (exact) mass is 351 g/mol. The molecule has 0 spiro atoms. The first-order valence-electron chi connectivity index (χ1n) is 6.31. The Morgan fingerprint density at radius 2 is 1.81 bits per heavy atom. The summed E-state index contributed by atoms with van der Waals surface area (Å²) in [7, 11) is -3.91. The zero-order chi connectivity index (χ0) is 15.8. The van der Waals surface area contributed by atoms with E-state index in [1.165, 1.54) is 12.1 Å². The number of halogens is 2. The molecule has 1 amide bonds. The molecule has 1 aromatic rings. The van der Waals surface area contributed by atoms with Crippen LogP contribution in [0.5, 0.6) is 0 Å². The van der Waals surface area contributed by atoms with Crippen LogP contribution < -0.4 is 11.5 Å². The van der Waals surface area contributed by atoms with Crippen LogP contribution in [0, 0.1) is 0 Å². The Labute approximate surface area is 133 Å². The largest absolute Gasteiger partial charge is 0.396 e. The molecule has 1 aromatic carbocycles. The molecule has 116 valence electrons. The molecule has 21 heavy (non-hydrogen) atoms. The third-order valence-corrected chi connectivity index (χ3v) is 5.95. The molecule has 1 atom stereocenters. The molecule has 9 heteroatoms. The van der Waals surface area contributed by atoms with E-state index in [0.29, 0.717) is 12.8 Å². The van der Waals surface area contributed by atoms with Gasteiger partial charge in [0.05, 0.1) is 20.6 Å². The van der Waals surface area contributed by atoms with Gasteiger partial charge in [-0.25, -0.2) is 8.42 Å². The number of carbonyl (C=O) groups is 1. The number of nitrogen functional groups attached to an aromatic ring is 1. The number of nitrogens with zero attached hydrogens (tertiary/aromatic N) is 1. The molecule has 0 unspecified atom stereocenters. The summed E-state index contributed by atoms with van der Waals surface area (Å²) in [5.74, 6) is -0.661. The Morgan fingerprint density at radius 1 is 1.24 bits per heavy atom. The predicted octanol–water partition coefficient (Wildman–Crippen LogP) is 1.60. The average molecular weight is 352 g/mol. The molecule has 4 N–H and O–H groups in total. The van der Waals surface area contributed by atoms with E-state index < -0.39 is 22.0 Å². The van der Waals surface area contributed by atoms with Gasteiger partial charge in [-0.3, -0.25) is 4.79 Å². The highest BCUT2D eigenvalue weighted by atomic mass is 35.5. The number of rotatable bonds is 3. The van der Waals surface area contributed by atoms with E-state index in [1.54, 1.807) is 0 Å². The lowest BCUT2D eigenvalue weighted by molar-refractivity contribution is -0.122. The van der Waals surface area contributed by atoms with E-state index in [1.807, 2.05) is 0 Å². The van der Waals surface area contributed by atoms with Crippen LogP contribution in [0.1, 0.15) is 19.3 Å². The zero-order valence-electron chi connectivity index (χ0n) is 11.1. The SMILES string of the molecule is NC(=O)[C@@H]1CCCCN1S(=O)(=O)c1cc(Cl)c(N)c(Cl)c1. The van der Waals surface area contributed by atoms with Crippen LogP contribution in [-0.2, 0) is 14.8 Å². The quantitative estimate of drug-likeness (QED) is 0.806. The fourth-order valence-corrected chi connectivity index (χ4v) is 4.66. The summed E-state index contributed by atoms with van der Waals surface area (Å²) in [6.07, 6.45) is 1.83. The first-order valence-corrected chi connectivity index (χ1v) is 8.50. The number of anilines is 1. The van der Waals surface area contributed by atoms with Gasteiger partial charge in [0.15, 0.2) is 0 Å².